The van der Waals surface area contributed by atoms with Crippen molar-refractivity contribution in [1.82, 2.24) is 14.8 Å². The lowest BCUT2D eigenvalue weighted by atomic mass is 10.1. The van der Waals surface area contributed by atoms with E-state index >= 15 is 0 Å². The molecule has 1 fully saturated rings. The number of aromatic nitrogens is 3. The Morgan fingerprint density at radius 1 is 1.53 bits per heavy atom. The summed E-state index contributed by atoms with van der Waals surface area (Å²) >= 11 is 4.85. The van der Waals surface area contributed by atoms with Gasteiger partial charge in [0.1, 0.15) is 24.5 Å². The Morgan fingerprint density at radius 2 is 2.24 bits per heavy atom. The molecule has 0 spiro atoms. The lowest BCUT2D eigenvalue weighted by Gasteiger charge is -2.16. The Bertz CT molecular complexity index is 514. The number of ether oxygens (including phenoxy) is 1. The van der Waals surface area contributed by atoms with E-state index in [2.05, 4.69) is 10.1 Å². The van der Waals surface area contributed by atoms with Crippen LogP contribution >= 0.6 is 12.2 Å². The molecule has 0 amide bonds. The summed E-state index contributed by atoms with van der Waals surface area (Å²) in [7, 11) is 0. The Hall–Kier alpha value is -1.13. The Balaban J connectivity index is 2.35. The molecule has 1 saturated heterocycles. The zero-order valence-electron chi connectivity index (χ0n) is 8.55. The molecule has 4 atom stereocenters. The van der Waals surface area contributed by atoms with Crippen molar-refractivity contribution in [2.45, 2.75) is 24.5 Å². The van der Waals surface area contributed by atoms with Gasteiger partial charge >= 0.3 is 0 Å². The van der Waals surface area contributed by atoms with Crippen LogP contribution in [0.5, 0.6) is 0 Å². The lowest BCUT2D eigenvalue weighted by molar-refractivity contribution is -0.0607. The summed E-state index contributed by atoms with van der Waals surface area (Å²) in [6.07, 6.45) is -3.49. The molecule has 1 aromatic rings. The van der Waals surface area contributed by atoms with E-state index < -0.39 is 36.7 Å². The van der Waals surface area contributed by atoms with E-state index in [4.69, 9.17) is 22.1 Å². The highest BCUT2D eigenvalue weighted by Gasteiger charge is 2.43. The van der Waals surface area contributed by atoms with E-state index in [1.807, 2.05) is 0 Å². The van der Waals surface area contributed by atoms with Gasteiger partial charge in [0.15, 0.2) is 11.0 Å². The highest BCUT2D eigenvalue weighted by atomic mass is 32.1. The third kappa shape index (κ3) is 2.15. The number of hydrogen-bond donors (Lipinski definition) is 4. The molecular formula is C8H11N3O5S. The number of aliphatic hydroxyl groups is 3. The third-order valence-electron chi connectivity index (χ3n) is 2.50. The van der Waals surface area contributed by atoms with Crippen molar-refractivity contribution >= 4 is 12.2 Å². The van der Waals surface area contributed by atoms with Crippen LogP contribution in [0.2, 0.25) is 0 Å². The number of rotatable bonds is 2. The summed E-state index contributed by atoms with van der Waals surface area (Å²) in [5.41, 5.74) is -0.474. The second kappa shape index (κ2) is 4.63. The molecule has 2 rings (SSSR count). The predicted octanol–water partition coefficient (Wildman–Crippen LogP) is -2.09. The summed E-state index contributed by atoms with van der Waals surface area (Å²) in [6, 6.07) is 0. The van der Waals surface area contributed by atoms with Crippen LogP contribution in [0.25, 0.3) is 0 Å². The van der Waals surface area contributed by atoms with Crippen LogP contribution in [0.15, 0.2) is 11.0 Å². The SMILES string of the molecule is O=c1cnn([C@@H]2O[C@H](CO)[C@@H](O)[C@H]2O)c(=S)[nH]1. The van der Waals surface area contributed by atoms with Gasteiger partial charge < -0.3 is 20.1 Å². The van der Waals surface area contributed by atoms with E-state index in [0.29, 0.717) is 0 Å². The fourth-order valence-corrected chi connectivity index (χ4v) is 1.88. The van der Waals surface area contributed by atoms with Gasteiger partial charge in [0.05, 0.1) is 6.61 Å². The van der Waals surface area contributed by atoms with E-state index in [1.165, 1.54) is 0 Å². The summed E-state index contributed by atoms with van der Waals surface area (Å²) in [4.78, 5) is 13.2. The fourth-order valence-electron chi connectivity index (χ4n) is 1.63. The molecular weight excluding hydrogens is 250 g/mol. The minimum absolute atomic E-state index is 0.0349. The summed E-state index contributed by atoms with van der Waals surface area (Å²) in [5, 5.41) is 31.9. The monoisotopic (exact) mass is 261 g/mol. The molecule has 1 aromatic heterocycles. The second-order valence-electron chi connectivity index (χ2n) is 3.61. The molecule has 9 heteroatoms. The molecule has 94 valence electrons. The third-order valence-corrected chi connectivity index (χ3v) is 2.78. The van der Waals surface area contributed by atoms with Gasteiger partial charge in [-0.05, 0) is 12.2 Å². The lowest BCUT2D eigenvalue weighted by Crippen LogP contribution is -2.33. The van der Waals surface area contributed by atoms with Gasteiger partial charge in [-0.15, -0.1) is 0 Å². The molecule has 0 aromatic carbocycles. The maximum absolute atomic E-state index is 10.9. The van der Waals surface area contributed by atoms with Gasteiger partial charge in [0.2, 0.25) is 0 Å². The van der Waals surface area contributed by atoms with Gasteiger partial charge in [-0.2, -0.15) is 5.10 Å². The molecule has 0 saturated carbocycles. The highest BCUT2D eigenvalue weighted by molar-refractivity contribution is 7.71. The highest BCUT2D eigenvalue weighted by Crippen LogP contribution is 2.28. The van der Waals surface area contributed by atoms with Gasteiger partial charge in [0, 0.05) is 0 Å². The molecule has 1 aliphatic rings. The van der Waals surface area contributed by atoms with E-state index in [9.17, 15) is 15.0 Å². The topological polar surface area (TPSA) is 121 Å². The fraction of sp³-hybridized carbons (Fsp3) is 0.625. The summed E-state index contributed by atoms with van der Waals surface area (Å²) in [6.45, 7) is -0.439. The zero-order valence-corrected chi connectivity index (χ0v) is 9.37. The van der Waals surface area contributed by atoms with Crippen molar-refractivity contribution in [2.24, 2.45) is 0 Å². The van der Waals surface area contributed by atoms with Gasteiger partial charge in [-0.25, -0.2) is 4.68 Å². The number of hydrogen-bond acceptors (Lipinski definition) is 7. The minimum Gasteiger partial charge on any atom is -0.394 e. The van der Waals surface area contributed by atoms with Crippen molar-refractivity contribution < 1.29 is 20.1 Å². The average molecular weight is 261 g/mol. The number of aliphatic hydroxyl groups excluding tert-OH is 3. The summed E-state index contributed by atoms with van der Waals surface area (Å²) in [5.74, 6) is 0. The first-order chi connectivity index (χ1) is 8.04. The van der Waals surface area contributed by atoms with Crippen molar-refractivity contribution in [1.29, 1.82) is 0 Å². The van der Waals surface area contributed by atoms with Crippen LogP contribution in [0.4, 0.5) is 0 Å². The number of H-pyrrole nitrogens is 1. The van der Waals surface area contributed by atoms with Crippen molar-refractivity contribution in [3.05, 3.63) is 21.3 Å². The van der Waals surface area contributed by atoms with Gasteiger partial charge in [-0.1, -0.05) is 0 Å². The summed E-state index contributed by atoms with van der Waals surface area (Å²) < 4.78 is 6.24. The first kappa shape index (κ1) is 12.3. The maximum Gasteiger partial charge on any atom is 0.270 e. The molecule has 0 bridgehead atoms. The first-order valence-electron chi connectivity index (χ1n) is 4.85. The predicted molar refractivity (Wildman–Crippen MR) is 56.7 cm³/mol. The molecule has 0 aliphatic carbocycles. The van der Waals surface area contributed by atoms with Crippen molar-refractivity contribution in [3.8, 4) is 0 Å². The van der Waals surface area contributed by atoms with Crippen LogP contribution in [-0.2, 0) is 4.74 Å². The average Bonchev–Trinajstić information content (AvgIpc) is 2.57. The maximum atomic E-state index is 10.9. The Kier molecular flexibility index (Phi) is 3.35. The molecule has 1 aliphatic heterocycles. The number of nitrogens with zero attached hydrogens (tertiary/aromatic N) is 2. The normalized spacial score (nSPS) is 32.9. The van der Waals surface area contributed by atoms with E-state index in [-0.39, 0.29) is 4.77 Å². The van der Waals surface area contributed by atoms with Gasteiger partial charge in [-0.3, -0.25) is 9.78 Å². The molecule has 0 radical (unpaired) electrons. The van der Waals surface area contributed by atoms with Crippen molar-refractivity contribution in [3.63, 3.8) is 0 Å². The molecule has 8 nitrogen and oxygen atoms in total. The Morgan fingerprint density at radius 3 is 2.76 bits per heavy atom. The quantitative estimate of drug-likeness (QED) is 0.450. The minimum atomic E-state index is -1.28. The number of nitrogens with one attached hydrogen (secondary N) is 1. The van der Waals surface area contributed by atoms with E-state index in [0.717, 1.165) is 10.9 Å². The largest absolute Gasteiger partial charge is 0.394 e. The standard InChI is InChI=1S/C8H11N3O5S/c12-2-3-5(14)6(15)7(16-3)11-8(17)10-4(13)1-9-11/h1,3,5-7,12,14-15H,2H2,(H,10,13,17)/t3-,5-,6-,7-/m1/s1. The molecule has 2 heterocycles. The first-order valence-corrected chi connectivity index (χ1v) is 5.26. The Labute approximate surface area is 100 Å². The molecule has 4 N–H and O–H groups in total. The van der Waals surface area contributed by atoms with Crippen LogP contribution in [-0.4, -0.2) is 55.0 Å². The van der Waals surface area contributed by atoms with Crippen LogP contribution in [0.1, 0.15) is 6.23 Å². The van der Waals surface area contributed by atoms with Crippen molar-refractivity contribution in [2.75, 3.05) is 6.61 Å². The van der Waals surface area contributed by atoms with E-state index in [1.54, 1.807) is 0 Å². The van der Waals surface area contributed by atoms with Gasteiger partial charge in [0.25, 0.3) is 5.56 Å². The zero-order chi connectivity index (χ0) is 12.6. The number of aromatic amines is 1. The molecule has 0 unspecified atom stereocenters. The van der Waals surface area contributed by atoms with Crippen LogP contribution in [0.3, 0.4) is 0 Å². The smallest absolute Gasteiger partial charge is 0.270 e. The van der Waals surface area contributed by atoms with Crippen LogP contribution < -0.4 is 5.56 Å². The van der Waals surface area contributed by atoms with Crippen LogP contribution in [0, 0.1) is 4.77 Å². The molecule has 17 heavy (non-hydrogen) atoms. The second-order valence-corrected chi connectivity index (χ2v) is 4.00.